The van der Waals surface area contributed by atoms with Gasteiger partial charge in [0.1, 0.15) is 0 Å². The standard InChI is InChI=1S/C18H16N4OS/c19-17(23)13-2-1-3-15(10-13)20-14-6-4-12(5-7-14)16-11-22-8-9-24-18(22)21-16/h1-7,10-11,20H,8-9H2,(H2,19,23). The lowest BCUT2D eigenvalue weighted by Crippen LogP contribution is -2.10. The fourth-order valence-corrected chi connectivity index (χ4v) is 3.63. The van der Waals surface area contributed by atoms with E-state index in [2.05, 4.69) is 21.1 Å². The third-order valence-corrected chi connectivity index (χ3v) is 4.89. The van der Waals surface area contributed by atoms with Crippen molar-refractivity contribution in [3.63, 3.8) is 0 Å². The summed E-state index contributed by atoms with van der Waals surface area (Å²) in [6.07, 6.45) is 2.11. The number of rotatable bonds is 4. The second kappa shape index (κ2) is 6.05. The zero-order valence-electron chi connectivity index (χ0n) is 12.9. The molecule has 1 aliphatic rings. The molecular formula is C18H16N4OS. The number of nitrogens with one attached hydrogen (secondary N) is 1. The molecule has 3 N–H and O–H groups in total. The predicted molar refractivity (Wildman–Crippen MR) is 96.6 cm³/mol. The van der Waals surface area contributed by atoms with Gasteiger partial charge < -0.3 is 15.6 Å². The Bertz CT molecular complexity index is 880. The molecule has 120 valence electrons. The van der Waals surface area contributed by atoms with Crippen LogP contribution in [0.5, 0.6) is 0 Å². The van der Waals surface area contributed by atoms with Crippen LogP contribution in [0.25, 0.3) is 11.3 Å². The van der Waals surface area contributed by atoms with Crippen molar-refractivity contribution in [2.45, 2.75) is 11.7 Å². The highest BCUT2D eigenvalue weighted by Gasteiger charge is 2.15. The maximum Gasteiger partial charge on any atom is 0.248 e. The highest BCUT2D eigenvalue weighted by molar-refractivity contribution is 7.99. The van der Waals surface area contributed by atoms with Crippen molar-refractivity contribution < 1.29 is 4.79 Å². The number of amides is 1. The normalized spacial score (nSPS) is 12.8. The number of carbonyl (C=O) groups excluding carboxylic acids is 1. The summed E-state index contributed by atoms with van der Waals surface area (Å²) >= 11 is 1.79. The quantitative estimate of drug-likeness (QED) is 0.765. The molecule has 0 unspecified atom stereocenters. The van der Waals surface area contributed by atoms with Crippen LogP contribution in [0.4, 0.5) is 11.4 Å². The molecule has 0 saturated heterocycles. The van der Waals surface area contributed by atoms with Crippen LogP contribution in [0.3, 0.4) is 0 Å². The highest BCUT2D eigenvalue weighted by Crippen LogP contribution is 2.29. The second-order valence-electron chi connectivity index (χ2n) is 5.60. The van der Waals surface area contributed by atoms with Crippen molar-refractivity contribution in [1.29, 1.82) is 0 Å². The van der Waals surface area contributed by atoms with E-state index in [1.165, 1.54) is 0 Å². The largest absolute Gasteiger partial charge is 0.366 e. The number of nitrogens with zero attached hydrogens (tertiary/aromatic N) is 2. The minimum Gasteiger partial charge on any atom is -0.366 e. The molecule has 0 spiro atoms. The summed E-state index contributed by atoms with van der Waals surface area (Å²) in [7, 11) is 0. The lowest BCUT2D eigenvalue weighted by Gasteiger charge is -2.08. The van der Waals surface area contributed by atoms with Crippen molar-refractivity contribution >= 4 is 29.0 Å². The lowest BCUT2D eigenvalue weighted by molar-refractivity contribution is 0.100. The first-order valence-electron chi connectivity index (χ1n) is 7.66. The van der Waals surface area contributed by atoms with Crippen LogP contribution < -0.4 is 11.1 Å². The fraction of sp³-hybridized carbons (Fsp3) is 0.111. The van der Waals surface area contributed by atoms with Gasteiger partial charge in [-0.25, -0.2) is 4.98 Å². The van der Waals surface area contributed by atoms with Gasteiger partial charge in [-0.3, -0.25) is 4.79 Å². The Hall–Kier alpha value is -2.73. The van der Waals surface area contributed by atoms with Crippen molar-refractivity contribution in [2.24, 2.45) is 5.73 Å². The van der Waals surface area contributed by atoms with Crippen molar-refractivity contribution in [1.82, 2.24) is 9.55 Å². The minimum atomic E-state index is -0.431. The van der Waals surface area contributed by atoms with Crippen LogP contribution in [0.2, 0.25) is 0 Å². The Labute approximate surface area is 143 Å². The second-order valence-corrected chi connectivity index (χ2v) is 6.66. The lowest BCUT2D eigenvalue weighted by atomic mass is 10.1. The number of thioether (sulfide) groups is 1. The summed E-state index contributed by atoms with van der Waals surface area (Å²) in [6, 6.07) is 15.2. The first-order chi connectivity index (χ1) is 11.7. The smallest absolute Gasteiger partial charge is 0.248 e. The Morgan fingerprint density at radius 1 is 1.17 bits per heavy atom. The summed E-state index contributed by atoms with van der Waals surface area (Å²) in [4.78, 5) is 15.9. The Morgan fingerprint density at radius 3 is 2.75 bits per heavy atom. The highest BCUT2D eigenvalue weighted by atomic mass is 32.2. The van der Waals surface area contributed by atoms with Gasteiger partial charge in [0.05, 0.1) is 5.69 Å². The van der Waals surface area contributed by atoms with Crippen LogP contribution >= 0.6 is 11.8 Å². The number of fused-ring (bicyclic) bond motifs is 1. The predicted octanol–water partition coefficient (Wildman–Crippen LogP) is 3.50. The number of aromatic nitrogens is 2. The molecule has 0 saturated carbocycles. The zero-order chi connectivity index (χ0) is 16.5. The number of aryl methyl sites for hydroxylation is 1. The number of hydrogen-bond donors (Lipinski definition) is 2. The molecule has 1 amide bonds. The molecule has 6 heteroatoms. The average Bonchev–Trinajstić information content (AvgIpc) is 3.17. The summed E-state index contributed by atoms with van der Waals surface area (Å²) < 4.78 is 2.20. The molecule has 2 aromatic carbocycles. The number of benzene rings is 2. The van der Waals surface area contributed by atoms with Gasteiger partial charge in [-0.1, -0.05) is 30.0 Å². The molecule has 1 aliphatic heterocycles. The minimum absolute atomic E-state index is 0.431. The van der Waals surface area contributed by atoms with E-state index >= 15 is 0 Å². The Balaban J connectivity index is 1.53. The van der Waals surface area contributed by atoms with Crippen LogP contribution in [-0.2, 0) is 6.54 Å². The van der Waals surface area contributed by atoms with E-state index in [1.807, 2.05) is 30.3 Å². The number of nitrogens with two attached hydrogens (primary N) is 1. The molecule has 3 aromatic rings. The third kappa shape index (κ3) is 2.88. The SMILES string of the molecule is NC(=O)c1cccc(Nc2ccc(-c3cn4c(n3)SCC4)cc2)c1. The third-order valence-electron chi connectivity index (χ3n) is 3.92. The van der Waals surface area contributed by atoms with Crippen LogP contribution in [0.1, 0.15) is 10.4 Å². The van der Waals surface area contributed by atoms with Gasteiger partial charge in [-0.2, -0.15) is 0 Å². The van der Waals surface area contributed by atoms with Crippen molar-refractivity contribution in [3.8, 4) is 11.3 Å². The molecule has 0 atom stereocenters. The molecule has 4 rings (SSSR count). The Morgan fingerprint density at radius 2 is 2.00 bits per heavy atom. The molecule has 24 heavy (non-hydrogen) atoms. The van der Waals surface area contributed by atoms with Crippen molar-refractivity contribution in [2.75, 3.05) is 11.1 Å². The van der Waals surface area contributed by atoms with Crippen LogP contribution in [0.15, 0.2) is 59.9 Å². The summed E-state index contributed by atoms with van der Waals surface area (Å²) in [5, 5.41) is 4.37. The number of primary amides is 1. The maximum absolute atomic E-state index is 11.2. The van der Waals surface area contributed by atoms with E-state index in [-0.39, 0.29) is 0 Å². The van der Waals surface area contributed by atoms with E-state index < -0.39 is 5.91 Å². The first-order valence-corrected chi connectivity index (χ1v) is 8.65. The van der Waals surface area contributed by atoms with Gasteiger partial charge in [0, 0.05) is 41.0 Å². The molecule has 0 radical (unpaired) electrons. The number of carbonyl (C=O) groups is 1. The van der Waals surface area contributed by atoms with Gasteiger partial charge >= 0.3 is 0 Å². The molecule has 2 heterocycles. The molecule has 5 nitrogen and oxygen atoms in total. The summed E-state index contributed by atoms with van der Waals surface area (Å²) in [5.74, 6) is 0.676. The fourth-order valence-electron chi connectivity index (χ4n) is 2.69. The van der Waals surface area contributed by atoms with Gasteiger partial charge in [0.2, 0.25) is 5.91 Å². The van der Waals surface area contributed by atoms with Gasteiger partial charge in [0.25, 0.3) is 0 Å². The van der Waals surface area contributed by atoms with Gasteiger partial charge in [0.15, 0.2) is 5.16 Å². The molecule has 1 aromatic heterocycles. The van der Waals surface area contributed by atoms with E-state index in [0.717, 1.165) is 40.1 Å². The Kier molecular flexibility index (Phi) is 3.74. The number of imidazole rings is 1. The molecule has 0 fully saturated rings. The average molecular weight is 336 g/mol. The maximum atomic E-state index is 11.2. The van der Waals surface area contributed by atoms with Crippen LogP contribution in [0, 0.1) is 0 Å². The number of hydrogen-bond acceptors (Lipinski definition) is 4. The van der Waals surface area contributed by atoms with Crippen molar-refractivity contribution in [3.05, 3.63) is 60.3 Å². The van der Waals surface area contributed by atoms with Crippen LogP contribution in [-0.4, -0.2) is 21.2 Å². The van der Waals surface area contributed by atoms with E-state index in [0.29, 0.717) is 5.56 Å². The topological polar surface area (TPSA) is 72.9 Å². The van der Waals surface area contributed by atoms with E-state index in [1.54, 1.807) is 30.0 Å². The van der Waals surface area contributed by atoms with Gasteiger partial charge in [-0.05, 0) is 30.3 Å². The van der Waals surface area contributed by atoms with E-state index in [4.69, 9.17) is 5.73 Å². The number of anilines is 2. The summed E-state index contributed by atoms with van der Waals surface area (Å²) in [6.45, 7) is 1.03. The van der Waals surface area contributed by atoms with E-state index in [9.17, 15) is 4.79 Å². The summed E-state index contributed by atoms with van der Waals surface area (Å²) in [5.41, 5.74) is 9.67. The molecule has 0 aliphatic carbocycles. The monoisotopic (exact) mass is 336 g/mol. The first kappa shape index (κ1) is 14.8. The molecular weight excluding hydrogens is 320 g/mol. The zero-order valence-corrected chi connectivity index (χ0v) is 13.7. The molecule has 0 bridgehead atoms. The van der Waals surface area contributed by atoms with Gasteiger partial charge in [-0.15, -0.1) is 0 Å².